The number of thiophene rings is 1. The Kier molecular flexibility index (Phi) is 4.19. The average molecular weight is 247 g/mol. The Labute approximate surface area is 108 Å². The normalized spacial score (nSPS) is 15.0. The van der Waals surface area contributed by atoms with E-state index in [1.807, 2.05) is 11.3 Å². The van der Waals surface area contributed by atoms with Crippen molar-refractivity contribution in [3.8, 4) is 0 Å². The van der Waals surface area contributed by atoms with Crippen molar-refractivity contribution in [2.24, 2.45) is 5.92 Å². The van der Waals surface area contributed by atoms with Crippen LogP contribution in [0.2, 0.25) is 0 Å². The first-order chi connectivity index (χ1) is 8.27. The Balaban J connectivity index is 2.36. The molecule has 0 aliphatic carbocycles. The molecule has 1 N–H and O–H groups in total. The Hall–Kier alpha value is -0.860. The molecule has 1 aromatic carbocycles. The first kappa shape index (κ1) is 12.6. The number of benzene rings is 1. The van der Waals surface area contributed by atoms with Gasteiger partial charge in [0, 0.05) is 10.7 Å². The van der Waals surface area contributed by atoms with Gasteiger partial charge in [-0.15, -0.1) is 11.3 Å². The molecule has 1 aromatic heterocycles. The molecule has 0 spiro atoms. The maximum Gasteiger partial charge on any atom is 0.0358 e. The third-order valence-electron chi connectivity index (χ3n) is 3.47. The number of hydrogen-bond acceptors (Lipinski definition) is 2. The quantitative estimate of drug-likeness (QED) is 0.814. The molecule has 1 nitrogen and oxygen atoms in total. The molecule has 2 atom stereocenters. The molecular weight excluding hydrogens is 226 g/mol. The molecular formula is C15H21NS. The van der Waals surface area contributed by atoms with Gasteiger partial charge in [0.1, 0.15) is 0 Å². The largest absolute Gasteiger partial charge is 0.313 e. The predicted octanol–water partition coefficient (Wildman–Crippen LogP) is 4.60. The van der Waals surface area contributed by atoms with Crippen LogP contribution < -0.4 is 5.32 Å². The Morgan fingerprint density at radius 2 is 2.06 bits per heavy atom. The van der Waals surface area contributed by atoms with E-state index in [1.165, 1.54) is 28.5 Å². The molecule has 2 heteroatoms. The molecule has 0 radical (unpaired) electrons. The van der Waals surface area contributed by atoms with E-state index in [0.29, 0.717) is 12.0 Å². The summed E-state index contributed by atoms with van der Waals surface area (Å²) in [7, 11) is 2.07. The van der Waals surface area contributed by atoms with Crippen LogP contribution >= 0.6 is 11.3 Å². The minimum Gasteiger partial charge on any atom is -0.313 e. The van der Waals surface area contributed by atoms with Crippen LogP contribution in [0.5, 0.6) is 0 Å². The number of rotatable bonds is 5. The van der Waals surface area contributed by atoms with Crippen molar-refractivity contribution in [3.63, 3.8) is 0 Å². The fraction of sp³-hybridized carbons (Fsp3) is 0.467. The van der Waals surface area contributed by atoms with Crippen molar-refractivity contribution in [1.82, 2.24) is 5.32 Å². The van der Waals surface area contributed by atoms with Gasteiger partial charge in [-0.2, -0.15) is 0 Å². The number of hydrogen-bond donors (Lipinski definition) is 1. The van der Waals surface area contributed by atoms with Gasteiger partial charge in [0.15, 0.2) is 0 Å². The molecule has 0 aliphatic heterocycles. The number of nitrogens with one attached hydrogen (secondary N) is 1. The predicted molar refractivity (Wildman–Crippen MR) is 77.7 cm³/mol. The van der Waals surface area contributed by atoms with Crippen molar-refractivity contribution >= 4 is 21.4 Å². The fourth-order valence-electron chi connectivity index (χ4n) is 2.61. The molecule has 0 amide bonds. The van der Waals surface area contributed by atoms with E-state index in [0.717, 1.165) is 0 Å². The lowest BCUT2D eigenvalue weighted by Crippen LogP contribution is -2.23. The summed E-state index contributed by atoms with van der Waals surface area (Å²) >= 11 is 1.85. The van der Waals surface area contributed by atoms with Crippen LogP contribution in [-0.2, 0) is 0 Å². The summed E-state index contributed by atoms with van der Waals surface area (Å²) in [6, 6.07) is 9.18. The summed E-state index contributed by atoms with van der Waals surface area (Å²) in [5.74, 6) is 0.683. The second-order valence-corrected chi connectivity index (χ2v) is 5.63. The second-order valence-electron chi connectivity index (χ2n) is 4.72. The Bertz CT molecular complexity index is 474. The van der Waals surface area contributed by atoms with Gasteiger partial charge >= 0.3 is 0 Å². The van der Waals surface area contributed by atoms with Crippen molar-refractivity contribution in [2.45, 2.75) is 32.7 Å². The molecule has 0 saturated heterocycles. The van der Waals surface area contributed by atoms with Crippen LogP contribution in [0, 0.1) is 5.92 Å². The molecule has 2 unspecified atom stereocenters. The van der Waals surface area contributed by atoms with E-state index in [1.54, 1.807) is 0 Å². The smallest absolute Gasteiger partial charge is 0.0358 e. The number of fused-ring (bicyclic) bond motifs is 1. The summed E-state index contributed by atoms with van der Waals surface area (Å²) in [4.78, 5) is 0. The van der Waals surface area contributed by atoms with E-state index in [4.69, 9.17) is 0 Å². The van der Waals surface area contributed by atoms with Crippen LogP contribution in [0.15, 0.2) is 29.6 Å². The summed E-state index contributed by atoms with van der Waals surface area (Å²) in [5, 5.41) is 7.22. The van der Waals surface area contributed by atoms with Gasteiger partial charge in [0.25, 0.3) is 0 Å². The SMILES string of the molecule is CCCC(C)C(NC)c1csc2ccccc12. The lowest BCUT2D eigenvalue weighted by Gasteiger charge is -2.23. The van der Waals surface area contributed by atoms with Crippen LogP contribution in [0.4, 0.5) is 0 Å². The van der Waals surface area contributed by atoms with Crippen molar-refractivity contribution in [2.75, 3.05) is 7.05 Å². The summed E-state index contributed by atoms with van der Waals surface area (Å²) in [6.07, 6.45) is 2.52. The zero-order valence-corrected chi connectivity index (χ0v) is 11.7. The molecule has 0 bridgehead atoms. The molecule has 17 heavy (non-hydrogen) atoms. The van der Waals surface area contributed by atoms with E-state index in [2.05, 4.69) is 55.9 Å². The van der Waals surface area contributed by atoms with Gasteiger partial charge in [-0.25, -0.2) is 0 Å². The first-order valence-corrected chi connectivity index (χ1v) is 7.29. The minimum atomic E-state index is 0.478. The molecule has 2 rings (SSSR count). The monoisotopic (exact) mass is 247 g/mol. The van der Waals surface area contributed by atoms with Gasteiger partial charge in [-0.3, -0.25) is 0 Å². The van der Waals surface area contributed by atoms with Gasteiger partial charge in [0.05, 0.1) is 0 Å². The van der Waals surface area contributed by atoms with Crippen LogP contribution in [0.3, 0.4) is 0 Å². The third kappa shape index (κ3) is 2.53. The van der Waals surface area contributed by atoms with Gasteiger partial charge in [-0.1, -0.05) is 38.5 Å². The zero-order chi connectivity index (χ0) is 12.3. The first-order valence-electron chi connectivity index (χ1n) is 6.41. The Morgan fingerprint density at radius 1 is 1.29 bits per heavy atom. The molecule has 0 aliphatic rings. The van der Waals surface area contributed by atoms with Crippen molar-refractivity contribution in [1.29, 1.82) is 0 Å². The second kappa shape index (κ2) is 5.65. The maximum atomic E-state index is 3.49. The van der Waals surface area contributed by atoms with Gasteiger partial charge in [0.2, 0.25) is 0 Å². The van der Waals surface area contributed by atoms with Crippen molar-refractivity contribution < 1.29 is 0 Å². The highest BCUT2D eigenvalue weighted by Gasteiger charge is 2.19. The highest BCUT2D eigenvalue weighted by molar-refractivity contribution is 7.17. The van der Waals surface area contributed by atoms with E-state index < -0.39 is 0 Å². The lowest BCUT2D eigenvalue weighted by molar-refractivity contribution is 0.386. The lowest BCUT2D eigenvalue weighted by atomic mass is 9.91. The molecule has 0 fully saturated rings. The Morgan fingerprint density at radius 3 is 2.76 bits per heavy atom. The van der Waals surface area contributed by atoms with Gasteiger partial charge < -0.3 is 5.32 Å². The van der Waals surface area contributed by atoms with Crippen LogP contribution in [0.25, 0.3) is 10.1 Å². The zero-order valence-electron chi connectivity index (χ0n) is 10.9. The summed E-state index contributed by atoms with van der Waals surface area (Å²) < 4.78 is 1.39. The molecule has 0 saturated carbocycles. The fourth-order valence-corrected chi connectivity index (χ4v) is 3.61. The topological polar surface area (TPSA) is 12.0 Å². The summed E-state index contributed by atoms with van der Waals surface area (Å²) in [5.41, 5.74) is 1.47. The maximum absolute atomic E-state index is 3.49. The standard InChI is InChI=1S/C15H21NS/c1-4-7-11(2)15(16-3)13-10-17-14-9-6-5-8-12(13)14/h5-6,8-11,15-16H,4,7H2,1-3H3. The van der Waals surface area contributed by atoms with Gasteiger partial charge in [-0.05, 0) is 41.8 Å². The highest BCUT2D eigenvalue weighted by Crippen LogP contribution is 2.34. The van der Waals surface area contributed by atoms with Crippen LogP contribution in [-0.4, -0.2) is 7.05 Å². The molecule has 92 valence electrons. The van der Waals surface area contributed by atoms with E-state index >= 15 is 0 Å². The highest BCUT2D eigenvalue weighted by atomic mass is 32.1. The molecule has 1 heterocycles. The van der Waals surface area contributed by atoms with E-state index in [9.17, 15) is 0 Å². The third-order valence-corrected chi connectivity index (χ3v) is 4.45. The summed E-state index contributed by atoms with van der Waals surface area (Å²) in [6.45, 7) is 4.60. The average Bonchev–Trinajstić information content (AvgIpc) is 2.75. The minimum absolute atomic E-state index is 0.478. The molecule has 2 aromatic rings. The van der Waals surface area contributed by atoms with Crippen LogP contribution in [0.1, 0.15) is 38.3 Å². The van der Waals surface area contributed by atoms with E-state index in [-0.39, 0.29) is 0 Å². The van der Waals surface area contributed by atoms with Crippen molar-refractivity contribution in [3.05, 3.63) is 35.2 Å².